The first kappa shape index (κ1) is 18.2. The van der Waals surface area contributed by atoms with Crippen molar-refractivity contribution >= 4 is 11.9 Å². The predicted octanol–water partition coefficient (Wildman–Crippen LogP) is 3.65. The van der Waals surface area contributed by atoms with Gasteiger partial charge in [-0.05, 0) is 38.0 Å². The number of carbonyl (C=O) groups excluding carboxylic acids is 2. The van der Waals surface area contributed by atoms with Gasteiger partial charge in [-0.25, -0.2) is 4.39 Å². The molecule has 0 radical (unpaired) electrons. The summed E-state index contributed by atoms with van der Waals surface area (Å²) in [6.07, 6.45) is 4.22. The van der Waals surface area contributed by atoms with Crippen LogP contribution in [-0.4, -0.2) is 18.5 Å². The van der Waals surface area contributed by atoms with Crippen molar-refractivity contribution in [3.8, 4) is 0 Å². The van der Waals surface area contributed by atoms with Crippen molar-refractivity contribution in [1.29, 1.82) is 0 Å². The topological polar surface area (TPSA) is 68.5 Å². The number of carbonyl (C=O) groups is 2. The van der Waals surface area contributed by atoms with E-state index >= 15 is 0 Å². The first-order valence-corrected chi connectivity index (χ1v) is 8.78. The number of furan rings is 1. The van der Waals surface area contributed by atoms with Crippen LogP contribution in [0.5, 0.6) is 0 Å². The summed E-state index contributed by atoms with van der Waals surface area (Å²) in [5.74, 6) is -0.768. The molecule has 3 rings (SSSR count). The van der Waals surface area contributed by atoms with Gasteiger partial charge in [-0.15, -0.1) is 0 Å². The van der Waals surface area contributed by atoms with E-state index in [1.807, 2.05) is 0 Å². The molecule has 5 nitrogen and oxygen atoms in total. The smallest absolute Gasteiger partial charge is 0.317 e. The van der Waals surface area contributed by atoms with E-state index in [4.69, 9.17) is 9.15 Å². The zero-order chi connectivity index (χ0) is 18.6. The Hall–Kier alpha value is -2.63. The van der Waals surface area contributed by atoms with E-state index in [9.17, 15) is 14.0 Å². The number of nitrogens with one attached hydrogen (secondary N) is 1. The number of hydrogen-bond acceptors (Lipinski definition) is 4. The van der Waals surface area contributed by atoms with Crippen molar-refractivity contribution in [3.63, 3.8) is 0 Å². The summed E-state index contributed by atoms with van der Waals surface area (Å²) in [6, 6.07) is 9.43. The Morgan fingerprint density at radius 1 is 1.23 bits per heavy atom. The molecule has 0 saturated heterocycles. The first-order chi connectivity index (χ1) is 12.5. The number of halogens is 1. The Balaban J connectivity index is 1.64. The normalized spacial score (nSPS) is 16.8. The fourth-order valence-electron chi connectivity index (χ4n) is 3.57. The molecule has 1 aliphatic rings. The van der Waals surface area contributed by atoms with E-state index < -0.39 is 29.7 Å². The lowest BCUT2D eigenvalue weighted by Gasteiger charge is -2.27. The quantitative estimate of drug-likeness (QED) is 0.800. The summed E-state index contributed by atoms with van der Waals surface area (Å²) in [6.45, 7) is 1.37. The summed E-state index contributed by atoms with van der Waals surface area (Å²) in [4.78, 5) is 24.8. The Labute approximate surface area is 151 Å². The van der Waals surface area contributed by atoms with Gasteiger partial charge in [0.05, 0.1) is 17.7 Å². The second-order valence-corrected chi connectivity index (χ2v) is 6.65. The van der Waals surface area contributed by atoms with Crippen molar-refractivity contribution in [1.82, 2.24) is 5.32 Å². The minimum atomic E-state index is -1.00. The summed E-state index contributed by atoms with van der Waals surface area (Å²) in [5.41, 5.74) is -0.648. The Bertz CT molecular complexity index is 766. The van der Waals surface area contributed by atoms with Crippen LogP contribution in [0.2, 0.25) is 0 Å². The van der Waals surface area contributed by atoms with Crippen molar-refractivity contribution < 1.29 is 23.1 Å². The highest BCUT2D eigenvalue weighted by atomic mass is 19.1. The van der Waals surface area contributed by atoms with Crippen LogP contribution in [0.1, 0.15) is 50.0 Å². The van der Waals surface area contributed by atoms with Gasteiger partial charge in [0.1, 0.15) is 11.6 Å². The van der Waals surface area contributed by atoms with Gasteiger partial charge in [0.25, 0.3) is 5.91 Å². The second-order valence-electron chi connectivity index (χ2n) is 6.65. The molecule has 1 atom stereocenters. The lowest BCUT2D eigenvalue weighted by atomic mass is 9.78. The second kappa shape index (κ2) is 7.72. The summed E-state index contributed by atoms with van der Waals surface area (Å²) in [5, 5.41) is 2.71. The third kappa shape index (κ3) is 3.64. The van der Waals surface area contributed by atoms with E-state index in [1.54, 1.807) is 37.3 Å². The van der Waals surface area contributed by atoms with E-state index in [2.05, 4.69) is 5.32 Å². The highest BCUT2D eigenvalue weighted by Gasteiger charge is 2.45. The molecule has 0 aliphatic heterocycles. The predicted molar refractivity (Wildman–Crippen MR) is 92.8 cm³/mol. The highest BCUT2D eigenvalue weighted by molar-refractivity contribution is 5.86. The Morgan fingerprint density at radius 2 is 1.96 bits per heavy atom. The van der Waals surface area contributed by atoms with Crippen LogP contribution in [0.4, 0.5) is 4.39 Å². The van der Waals surface area contributed by atoms with Gasteiger partial charge in [0, 0.05) is 5.56 Å². The lowest BCUT2D eigenvalue weighted by molar-refractivity contribution is -0.154. The van der Waals surface area contributed by atoms with E-state index in [0.29, 0.717) is 24.2 Å². The van der Waals surface area contributed by atoms with Crippen LogP contribution < -0.4 is 5.32 Å². The Kier molecular flexibility index (Phi) is 5.40. The van der Waals surface area contributed by atoms with Gasteiger partial charge in [-0.3, -0.25) is 9.59 Å². The molecule has 1 saturated carbocycles. The maximum absolute atomic E-state index is 14.3. The molecule has 0 unspecified atom stereocenters. The number of amides is 1. The average molecular weight is 359 g/mol. The molecule has 2 aromatic rings. The summed E-state index contributed by atoms with van der Waals surface area (Å²) < 4.78 is 24.8. The summed E-state index contributed by atoms with van der Waals surface area (Å²) >= 11 is 0. The number of esters is 1. The molecule has 1 aromatic carbocycles. The Morgan fingerprint density at radius 3 is 2.62 bits per heavy atom. The number of benzene rings is 1. The van der Waals surface area contributed by atoms with Crippen LogP contribution in [0.25, 0.3) is 0 Å². The average Bonchev–Trinajstić information content (AvgIpc) is 3.32. The third-order valence-corrected chi connectivity index (χ3v) is 4.92. The van der Waals surface area contributed by atoms with Gasteiger partial charge in [-0.1, -0.05) is 31.0 Å². The third-order valence-electron chi connectivity index (χ3n) is 4.92. The van der Waals surface area contributed by atoms with Gasteiger partial charge >= 0.3 is 5.97 Å². The first-order valence-electron chi connectivity index (χ1n) is 8.78. The zero-order valence-corrected chi connectivity index (χ0v) is 14.7. The lowest BCUT2D eigenvalue weighted by Crippen LogP contribution is -2.38. The van der Waals surface area contributed by atoms with Crippen LogP contribution in [0, 0.1) is 5.82 Å². The molecule has 1 aliphatic carbocycles. The number of ether oxygens (including phenoxy) is 1. The molecule has 0 bridgehead atoms. The van der Waals surface area contributed by atoms with Crippen molar-refractivity contribution in [3.05, 3.63) is 59.8 Å². The van der Waals surface area contributed by atoms with E-state index in [-0.39, 0.29) is 6.04 Å². The van der Waals surface area contributed by atoms with E-state index in [1.165, 1.54) is 12.3 Å². The maximum Gasteiger partial charge on any atom is 0.317 e. The summed E-state index contributed by atoms with van der Waals surface area (Å²) in [7, 11) is 0. The fourth-order valence-corrected chi connectivity index (χ4v) is 3.57. The molecular formula is C20H22FNO4. The molecule has 1 fully saturated rings. The van der Waals surface area contributed by atoms with Crippen LogP contribution in [0.3, 0.4) is 0 Å². The van der Waals surface area contributed by atoms with Crippen LogP contribution >= 0.6 is 0 Å². The fraction of sp³-hybridized carbons (Fsp3) is 0.400. The van der Waals surface area contributed by atoms with Crippen molar-refractivity contribution in [2.24, 2.45) is 0 Å². The molecule has 26 heavy (non-hydrogen) atoms. The van der Waals surface area contributed by atoms with Gasteiger partial charge in [-0.2, -0.15) is 0 Å². The molecule has 1 N–H and O–H groups in total. The minimum absolute atomic E-state index is 0.330. The number of rotatable bonds is 6. The number of hydrogen-bond donors (Lipinski definition) is 1. The van der Waals surface area contributed by atoms with E-state index in [0.717, 1.165) is 12.8 Å². The van der Waals surface area contributed by atoms with Crippen molar-refractivity contribution in [2.75, 3.05) is 6.61 Å². The minimum Gasteiger partial charge on any atom is -0.467 e. The standard InChI is InChI=1S/C20H22FNO4/c1-14(17-9-6-12-25-17)22-18(23)13-26-19(24)20(10-4-5-11-20)15-7-2-3-8-16(15)21/h2-3,6-9,12,14H,4-5,10-11,13H2,1H3,(H,22,23)/t14-/m0/s1. The molecular weight excluding hydrogens is 337 g/mol. The SMILES string of the molecule is C[C@H](NC(=O)COC(=O)C1(c2ccccc2F)CCCC1)c1ccco1. The van der Waals surface area contributed by atoms with Gasteiger partial charge in [0.2, 0.25) is 0 Å². The molecule has 1 aromatic heterocycles. The monoisotopic (exact) mass is 359 g/mol. The zero-order valence-electron chi connectivity index (χ0n) is 14.7. The molecule has 138 valence electrons. The van der Waals surface area contributed by atoms with Crippen LogP contribution in [-0.2, 0) is 19.7 Å². The van der Waals surface area contributed by atoms with Crippen LogP contribution in [0.15, 0.2) is 47.1 Å². The van der Waals surface area contributed by atoms with Gasteiger partial charge in [0.15, 0.2) is 6.61 Å². The maximum atomic E-state index is 14.3. The largest absolute Gasteiger partial charge is 0.467 e. The molecule has 6 heteroatoms. The van der Waals surface area contributed by atoms with Gasteiger partial charge < -0.3 is 14.5 Å². The molecule has 0 spiro atoms. The molecule has 1 heterocycles. The molecule has 1 amide bonds. The van der Waals surface area contributed by atoms with Crippen molar-refractivity contribution in [2.45, 2.75) is 44.1 Å². The highest BCUT2D eigenvalue weighted by Crippen LogP contribution is 2.43.